The van der Waals surface area contributed by atoms with E-state index >= 15 is 0 Å². The molecule has 98 valence electrons. The molecule has 2 N–H and O–H groups in total. The third-order valence-electron chi connectivity index (χ3n) is 3.87. The van der Waals surface area contributed by atoms with Gasteiger partial charge in [-0.1, -0.05) is 42.5 Å². The summed E-state index contributed by atoms with van der Waals surface area (Å²) in [6.45, 7) is 1.13. The molecule has 2 aromatic carbocycles. The summed E-state index contributed by atoms with van der Waals surface area (Å²) in [7, 11) is 0. The number of ketones is 1. The SMILES string of the molecule is NC1(C(=O)c2cccc3ccccc23)CCOCC1. The first kappa shape index (κ1) is 12.3. The molecule has 1 fully saturated rings. The van der Waals surface area contributed by atoms with Crippen molar-refractivity contribution in [3.05, 3.63) is 48.0 Å². The van der Waals surface area contributed by atoms with Gasteiger partial charge in [-0.2, -0.15) is 0 Å². The first-order chi connectivity index (χ1) is 9.21. The van der Waals surface area contributed by atoms with E-state index in [9.17, 15) is 4.79 Å². The minimum absolute atomic E-state index is 0.0348. The molecule has 1 heterocycles. The second kappa shape index (κ2) is 4.76. The van der Waals surface area contributed by atoms with Crippen molar-refractivity contribution in [1.29, 1.82) is 0 Å². The molecule has 0 unspecified atom stereocenters. The van der Waals surface area contributed by atoms with Gasteiger partial charge < -0.3 is 10.5 Å². The van der Waals surface area contributed by atoms with Crippen molar-refractivity contribution >= 4 is 16.6 Å². The molecular weight excluding hydrogens is 238 g/mol. The van der Waals surface area contributed by atoms with Gasteiger partial charge in [-0.25, -0.2) is 0 Å². The molecule has 0 atom stereocenters. The molecule has 2 aromatic rings. The van der Waals surface area contributed by atoms with Crippen LogP contribution in [0.4, 0.5) is 0 Å². The molecular formula is C16H17NO2. The maximum atomic E-state index is 12.8. The van der Waals surface area contributed by atoms with Crippen LogP contribution in [0.15, 0.2) is 42.5 Å². The Bertz CT molecular complexity index is 610. The summed E-state index contributed by atoms with van der Waals surface area (Å²) in [5, 5.41) is 2.05. The summed E-state index contributed by atoms with van der Waals surface area (Å²) >= 11 is 0. The maximum absolute atomic E-state index is 12.8. The molecule has 1 saturated heterocycles. The number of Topliss-reactive ketones (excluding diaryl/α,β-unsaturated/α-hetero) is 1. The molecule has 0 amide bonds. The molecule has 0 bridgehead atoms. The van der Waals surface area contributed by atoms with Gasteiger partial charge in [-0.15, -0.1) is 0 Å². The van der Waals surface area contributed by atoms with Crippen molar-refractivity contribution in [2.75, 3.05) is 13.2 Å². The van der Waals surface area contributed by atoms with Crippen LogP contribution in [0.1, 0.15) is 23.2 Å². The highest BCUT2D eigenvalue weighted by Crippen LogP contribution is 2.27. The van der Waals surface area contributed by atoms with Crippen molar-refractivity contribution in [1.82, 2.24) is 0 Å². The zero-order valence-corrected chi connectivity index (χ0v) is 10.8. The van der Waals surface area contributed by atoms with E-state index < -0.39 is 5.54 Å². The summed E-state index contributed by atoms with van der Waals surface area (Å²) in [6.07, 6.45) is 1.18. The van der Waals surface area contributed by atoms with E-state index in [1.165, 1.54) is 0 Å². The zero-order valence-electron chi connectivity index (χ0n) is 10.8. The fourth-order valence-electron chi connectivity index (χ4n) is 2.65. The first-order valence-corrected chi connectivity index (χ1v) is 6.60. The molecule has 0 radical (unpaired) electrons. The monoisotopic (exact) mass is 255 g/mol. The minimum atomic E-state index is -0.775. The fourth-order valence-corrected chi connectivity index (χ4v) is 2.65. The Hall–Kier alpha value is -1.71. The lowest BCUT2D eigenvalue weighted by Crippen LogP contribution is -2.51. The lowest BCUT2D eigenvalue weighted by atomic mass is 9.82. The molecule has 0 aromatic heterocycles. The highest BCUT2D eigenvalue weighted by molar-refractivity contribution is 6.12. The zero-order chi connectivity index (χ0) is 13.3. The van der Waals surface area contributed by atoms with Gasteiger partial charge in [0.25, 0.3) is 0 Å². The van der Waals surface area contributed by atoms with Crippen molar-refractivity contribution in [3.8, 4) is 0 Å². The van der Waals surface area contributed by atoms with Crippen LogP contribution in [0.3, 0.4) is 0 Å². The Morgan fingerprint density at radius 3 is 2.53 bits per heavy atom. The van der Waals surface area contributed by atoms with Crippen molar-refractivity contribution in [2.45, 2.75) is 18.4 Å². The minimum Gasteiger partial charge on any atom is -0.381 e. The van der Waals surface area contributed by atoms with Crippen LogP contribution >= 0.6 is 0 Å². The summed E-state index contributed by atoms with van der Waals surface area (Å²) in [5.41, 5.74) is 6.25. The topological polar surface area (TPSA) is 52.3 Å². The number of nitrogens with two attached hydrogens (primary N) is 1. The fraction of sp³-hybridized carbons (Fsp3) is 0.312. The van der Waals surface area contributed by atoms with E-state index in [4.69, 9.17) is 10.5 Å². The van der Waals surface area contributed by atoms with Crippen LogP contribution in [0.2, 0.25) is 0 Å². The van der Waals surface area contributed by atoms with E-state index in [2.05, 4.69) is 0 Å². The molecule has 19 heavy (non-hydrogen) atoms. The van der Waals surface area contributed by atoms with Gasteiger partial charge in [0.2, 0.25) is 0 Å². The molecule has 0 saturated carbocycles. The number of carbonyl (C=O) groups is 1. The molecule has 1 aliphatic rings. The Labute approximate surface area is 112 Å². The molecule has 0 spiro atoms. The largest absolute Gasteiger partial charge is 0.381 e. The van der Waals surface area contributed by atoms with Crippen molar-refractivity contribution < 1.29 is 9.53 Å². The average Bonchev–Trinajstić information content (AvgIpc) is 2.47. The summed E-state index contributed by atoms with van der Waals surface area (Å²) in [5.74, 6) is 0.0348. The Kier molecular flexibility index (Phi) is 3.09. The number of fused-ring (bicyclic) bond motifs is 1. The maximum Gasteiger partial charge on any atom is 0.183 e. The average molecular weight is 255 g/mol. The Morgan fingerprint density at radius 2 is 1.74 bits per heavy atom. The van der Waals surface area contributed by atoms with E-state index in [1.54, 1.807) is 0 Å². The number of hydrogen-bond acceptors (Lipinski definition) is 3. The van der Waals surface area contributed by atoms with Gasteiger partial charge in [-0.05, 0) is 23.6 Å². The van der Waals surface area contributed by atoms with Gasteiger partial charge in [-0.3, -0.25) is 4.79 Å². The summed E-state index contributed by atoms with van der Waals surface area (Å²) in [6, 6.07) is 13.7. The van der Waals surface area contributed by atoms with E-state index in [0.717, 1.165) is 16.3 Å². The van der Waals surface area contributed by atoms with Crippen LogP contribution in [0.5, 0.6) is 0 Å². The van der Waals surface area contributed by atoms with Crippen LogP contribution < -0.4 is 5.73 Å². The van der Waals surface area contributed by atoms with Crippen LogP contribution in [-0.4, -0.2) is 24.5 Å². The number of hydrogen-bond donors (Lipinski definition) is 1. The predicted octanol–water partition coefficient (Wildman–Crippen LogP) is 2.53. The highest BCUT2D eigenvalue weighted by atomic mass is 16.5. The lowest BCUT2D eigenvalue weighted by Gasteiger charge is -2.32. The smallest absolute Gasteiger partial charge is 0.183 e. The number of ether oxygens (including phenoxy) is 1. The number of carbonyl (C=O) groups excluding carboxylic acids is 1. The van der Waals surface area contributed by atoms with Gasteiger partial charge in [0.1, 0.15) is 0 Å². The molecule has 3 rings (SSSR count). The van der Waals surface area contributed by atoms with E-state index in [-0.39, 0.29) is 5.78 Å². The van der Waals surface area contributed by atoms with E-state index in [0.29, 0.717) is 26.1 Å². The highest BCUT2D eigenvalue weighted by Gasteiger charge is 2.36. The second-order valence-electron chi connectivity index (χ2n) is 5.12. The number of benzene rings is 2. The van der Waals surface area contributed by atoms with Crippen LogP contribution in [-0.2, 0) is 4.74 Å². The van der Waals surface area contributed by atoms with Gasteiger partial charge >= 0.3 is 0 Å². The lowest BCUT2D eigenvalue weighted by molar-refractivity contribution is 0.0449. The molecule has 0 aliphatic carbocycles. The Morgan fingerprint density at radius 1 is 1.05 bits per heavy atom. The van der Waals surface area contributed by atoms with Crippen LogP contribution in [0.25, 0.3) is 10.8 Å². The van der Waals surface area contributed by atoms with Crippen LogP contribution in [0, 0.1) is 0 Å². The van der Waals surface area contributed by atoms with Gasteiger partial charge in [0.05, 0.1) is 5.54 Å². The summed E-state index contributed by atoms with van der Waals surface area (Å²) < 4.78 is 5.31. The molecule has 3 nitrogen and oxygen atoms in total. The summed E-state index contributed by atoms with van der Waals surface area (Å²) in [4.78, 5) is 12.8. The van der Waals surface area contributed by atoms with Gasteiger partial charge in [0, 0.05) is 18.8 Å². The van der Waals surface area contributed by atoms with Crippen molar-refractivity contribution in [3.63, 3.8) is 0 Å². The third kappa shape index (κ3) is 2.15. The molecule has 1 aliphatic heterocycles. The van der Waals surface area contributed by atoms with Gasteiger partial charge in [0.15, 0.2) is 5.78 Å². The van der Waals surface area contributed by atoms with Crippen molar-refractivity contribution in [2.24, 2.45) is 5.73 Å². The normalized spacial score (nSPS) is 18.4. The third-order valence-corrected chi connectivity index (χ3v) is 3.87. The standard InChI is InChI=1S/C16H17NO2/c17-16(8-10-19-11-9-16)15(18)14-7-3-5-12-4-1-2-6-13(12)14/h1-7H,8-11,17H2. The second-order valence-corrected chi connectivity index (χ2v) is 5.12. The van der Waals surface area contributed by atoms with E-state index in [1.807, 2.05) is 42.5 Å². The Balaban J connectivity index is 2.06. The number of rotatable bonds is 2. The predicted molar refractivity (Wildman–Crippen MR) is 75.2 cm³/mol. The molecule has 3 heteroatoms. The quantitative estimate of drug-likeness (QED) is 0.839. The first-order valence-electron chi connectivity index (χ1n) is 6.60.